The summed E-state index contributed by atoms with van der Waals surface area (Å²) in [6.45, 7) is 4.46. The monoisotopic (exact) mass is 196 g/mol. The van der Waals surface area contributed by atoms with Gasteiger partial charge in [0, 0.05) is 7.11 Å². The molecule has 1 rings (SSSR count). The van der Waals surface area contributed by atoms with Crippen LogP contribution in [-0.2, 0) is 0 Å². The van der Waals surface area contributed by atoms with E-state index in [4.69, 9.17) is 5.11 Å². The van der Waals surface area contributed by atoms with E-state index in [-0.39, 0.29) is 0 Å². The molecule has 0 atom stereocenters. The maximum absolute atomic E-state index is 7.00. The Morgan fingerprint density at radius 2 is 0.857 bits per heavy atom. The highest BCUT2D eigenvalue weighted by molar-refractivity contribution is 4.99. The van der Waals surface area contributed by atoms with Crippen molar-refractivity contribution in [3.05, 3.63) is 36.4 Å². The second kappa shape index (κ2) is 18.1. The molecule has 1 aromatic carbocycles. The third-order valence-corrected chi connectivity index (χ3v) is 1.62. The van der Waals surface area contributed by atoms with Crippen molar-refractivity contribution in [1.29, 1.82) is 0 Å². The third kappa shape index (κ3) is 17.3. The number of aliphatic hydroxyl groups excluding tert-OH is 1. The van der Waals surface area contributed by atoms with E-state index in [2.05, 4.69) is 13.8 Å². The van der Waals surface area contributed by atoms with Crippen molar-refractivity contribution in [3.8, 4) is 0 Å². The molecule has 0 fully saturated rings. The number of hydrogen-bond acceptors (Lipinski definition) is 1. The summed E-state index contributed by atoms with van der Waals surface area (Å²) in [5.41, 5.74) is 0. The van der Waals surface area contributed by atoms with Crippen LogP contribution >= 0.6 is 0 Å². The molecule has 0 spiro atoms. The maximum atomic E-state index is 7.00. The number of benzene rings is 1. The molecule has 0 radical (unpaired) electrons. The predicted octanol–water partition coefficient (Wildman–Crippen LogP) is 3.88. The van der Waals surface area contributed by atoms with Crippen LogP contribution in [0.5, 0.6) is 0 Å². The van der Waals surface area contributed by atoms with Crippen LogP contribution in [0.2, 0.25) is 0 Å². The summed E-state index contributed by atoms with van der Waals surface area (Å²) in [5, 5.41) is 7.00. The van der Waals surface area contributed by atoms with E-state index in [0.29, 0.717) is 0 Å². The van der Waals surface area contributed by atoms with Gasteiger partial charge < -0.3 is 5.11 Å². The lowest BCUT2D eigenvalue weighted by atomic mass is 10.2. The zero-order valence-corrected chi connectivity index (χ0v) is 9.74. The van der Waals surface area contributed by atoms with Gasteiger partial charge in [0.1, 0.15) is 0 Å². The molecular weight excluding hydrogens is 172 g/mol. The molecule has 0 amide bonds. The highest BCUT2D eigenvalue weighted by Crippen LogP contribution is 1.95. The predicted molar refractivity (Wildman–Crippen MR) is 64.4 cm³/mol. The summed E-state index contributed by atoms with van der Waals surface area (Å²) in [4.78, 5) is 0. The first-order valence-electron chi connectivity index (χ1n) is 5.36. The van der Waals surface area contributed by atoms with Gasteiger partial charge in [0.15, 0.2) is 0 Å². The fraction of sp³-hybridized carbons (Fsp3) is 0.538. The van der Waals surface area contributed by atoms with Gasteiger partial charge >= 0.3 is 0 Å². The van der Waals surface area contributed by atoms with Gasteiger partial charge in [-0.3, -0.25) is 0 Å². The first-order valence-corrected chi connectivity index (χ1v) is 5.36. The van der Waals surface area contributed by atoms with Crippen molar-refractivity contribution >= 4 is 0 Å². The zero-order valence-electron chi connectivity index (χ0n) is 9.74. The summed E-state index contributed by atoms with van der Waals surface area (Å²) in [6, 6.07) is 12.0. The molecule has 0 bridgehead atoms. The summed E-state index contributed by atoms with van der Waals surface area (Å²) in [6.07, 6.45) is 5.54. The van der Waals surface area contributed by atoms with Crippen molar-refractivity contribution < 1.29 is 5.11 Å². The number of aliphatic hydroxyl groups is 1. The van der Waals surface area contributed by atoms with Gasteiger partial charge in [0.05, 0.1) is 0 Å². The van der Waals surface area contributed by atoms with Gasteiger partial charge in [-0.25, -0.2) is 0 Å². The van der Waals surface area contributed by atoms with Crippen LogP contribution in [0, 0.1) is 0 Å². The molecule has 0 aliphatic rings. The number of hydrogen-bond donors (Lipinski definition) is 1. The molecule has 0 saturated heterocycles. The summed E-state index contributed by atoms with van der Waals surface area (Å²) < 4.78 is 0. The Hall–Kier alpha value is -0.820. The quantitative estimate of drug-likeness (QED) is 0.727. The smallest absolute Gasteiger partial charge is 0.0319 e. The Morgan fingerprint density at radius 3 is 1.00 bits per heavy atom. The Labute approximate surface area is 88.8 Å². The minimum atomic E-state index is 1.00. The zero-order chi connectivity index (χ0) is 11.1. The van der Waals surface area contributed by atoms with E-state index in [1.807, 2.05) is 36.4 Å². The van der Waals surface area contributed by atoms with Crippen LogP contribution in [0.1, 0.15) is 39.5 Å². The molecule has 0 unspecified atom stereocenters. The lowest BCUT2D eigenvalue weighted by molar-refractivity contribution is 0.399. The minimum absolute atomic E-state index is 1.00. The summed E-state index contributed by atoms with van der Waals surface area (Å²) in [5.74, 6) is 0. The van der Waals surface area contributed by atoms with Crippen LogP contribution in [0.25, 0.3) is 0 Å². The Balaban J connectivity index is 0. The van der Waals surface area contributed by atoms with Crippen LogP contribution in [0.4, 0.5) is 0 Å². The minimum Gasteiger partial charge on any atom is -0.400 e. The normalized spacial score (nSPS) is 7.71. The number of rotatable bonds is 3. The molecule has 1 aromatic rings. The average molecular weight is 196 g/mol. The average Bonchev–Trinajstić information content (AvgIpc) is 2.32. The van der Waals surface area contributed by atoms with E-state index in [1.165, 1.54) is 25.7 Å². The lowest BCUT2D eigenvalue weighted by Crippen LogP contribution is -1.66. The van der Waals surface area contributed by atoms with Gasteiger partial charge in [-0.05, 0) is 0 Å². The van der Waals surface area contributed by atoms with E-state index in [9.17, 15) is 0 Å². The van der Waals surface area contributed by atoms with E-state index in [1.54, 1.807) is 0 Å². The molecule has 0 saturated carbocycles. The van der Waals surface area contributed by atoms with Gasteiger partial charge in [-0.2, -0.15) is 0 Å². The molecule has 1 N–H and O–H groups in total. The first kappa shape index (κ1) is 15.6. The first-order chi connectivity index (χ1) is 6.91. The van der Waals surface area contributed by atoms with Gasteiger partial charge in [-0.15, -0.1) is 0 Å². The fourth-order valence-electron chi connectivity index (χ4n) is 0.885. The van der Waals surface area contributed by atoms with Crippen molar-refractivity contribution in [2.24, 2.45) is 0 Å². The second-order valence-electron chi connectivity index (χ2n) is 2.86. The van der Waals surface area contributed by atoms with Crippen LogP contribution < -0.4 is 0 Å². The van der Waals surface area contributed by atoms with Crippen molar-refractivity contribution in [1.82, 2.24) is 0 Å². The van der Waals surface area contributed by atoms with E-state index < -0.39 is 0 Å². The molecule has 1 heteroatoms. The summed E-state index contributed by atoms with van der Waals surface area (Å²) >= 11 is 0. The van der Waals surface area contributed by atoms with Crippen molar-refractivity contribution in [3.63, 3.8) is 0 Å². The molecule has 0 aliphatic heterocycles. The van der Waals surface area contributed by atoms with Crippen molar-refractivity contribution in [2.45, 2.75) is 39.5 Å². The third-order valence-electron chi connectivity index (χ3n) is 1.62. The van der Waals surface area contributed by atoms with E-state index in [0.717, 1.165) is 7.11 Å². The molecule has 82 valence electrons. The van der Waals surface area contributed by atoms with Crippen LogP contribution in [-0.4, -0.2) is 12.2 Å². The molecule has 14 heavy (non-hydrogen) atoms. The summed E-state index contributed by atoms with van der Waals surface area (Å²) in [7, 11) is 1.00. The Bertz CT molecular complexity index is 118. The Morgan fingerprint density at radius 1 is 0.643 bits per heavy atom. The van der Waals surface area contributed by atoms with Gasteiger partial charge in [-0.1, -0.05) is 75.9 Å². The number of unbranched alkanes of at least 4 members (excludes halogenated alkanes) is 3. The topological polar surface area (TPSA) is 20.2 Å². The molecule has 0 aliphatic carbocycles. The maximum Gasteiger partial charge on any atom is 0.0319 e. The molecule has 0 aromatic heterocycles. The SMILES string of the molecule is CCCCCC.CO.c1ccccc1. The highest BCUT2D eigenvalue weighted by Gasteiger charge is 1.75. The van der Waals surface area contributed by atoms with Gasteiger partial charge in [0.2, 0.25) is 0 Å². The molecular formula is C13H24O. The molecule has 1 nitrogen and oxygen atoms in total. The van der Waals surface area contributed by atoms with Crippen LogP contribution in [0.15, 0.2) is 36.4 Å². The lowest BCUT2D eigenvalue weighted by Gasteiger charge is -1.86. The molecule has 0 heterocycles. The van der Waals surface area contributed by atoms with Crippen LogP contribution in [0.3, 0.4) is 0 Å². The highest BCUT2D eigenvalue weighted by atomic mass is 16.2. The standard InChI is InChI=1S/C6H6.C6H14.CH4O/c1-2-4-6-5-3-1;1-3-5-6-4-2;1-2/h1-6H;3-6H2,1-2H3;2H,1H3. The van der Waals surface area contributed by atoms with Crippen molar-refractivity contribution in [2.75, 3.05) is 7.11 Å². The fourth-order valence-corrected chi connectivity index (χ4v) is 0.885. The Kier molecular flexibility index (Phi) is 20.2. The largest absolute Gasteiger partial charge is 0.400 e. The van der Waals surface area contributed by atoms with E-state index >= 15 is 0 Å². The second-order valence-corrected chi connectivity index (χ2v) is 2.86. The van der Waals surface area contributed by atoms with Gasteiger partial charge in [0.25, 0.3) is 0 Å².